The molecule has 20 heavy (non-hydrogen) atoms. The van der Waals surface area contributed by atoms with E-state index in [9.17, 15) is 0 Å². The fraction of sp³-hybridized carbons (Fsp3) is 0. The van der Waals surface area contributed by atoms with Crippen LogP contribution in [0.4, 0.5) is 0 Å². The highest BCUT2D eigenvalue weighted by molar-refractivity contribution is 8.01. The van der Waals surface area contributed by atoms with E-state index in [1.807, 2.05) is 29.6 Å². The van der Waals surface area contributed by atoms with Gasteiger partial charge >= 0.3 is 0 Å². The average molecular weight is 316 g/mol. The Kier molecular flexibility index (Phi) is 3.02. The first-order chi connectivity index (χ1) is 9.90. The van der Waals surface area contributed by atoms with Crippen LogP contribution in [0.5, 0.6) is 0 Å². The Hall–Kier alpha value is -1.70. The van der Waals surface area contributed by atoms with Gasteiger partial charge in [0.25, 0.3) is 0 Å². The van der Waals surface area contributed by atoms with Gasteiger partial charge in [-0.05, 0) is 35.0 Å². The highest BCUT2D eigenvalue weighted by atomic mass is 32.2. The molecule has 0 saturated carbocycles. The molecule has 98 valence electrons. The maximum Gasteiger partial charge on any atom is 0.186 e. The molecule has 4 heterocycles. The zero-order valence-corrected chi connectivity index (χ0v) is 12.6. The third-order valence-electron chi connectivity index (χ3n) is 2.72. The van der Waals surface area contributed by atoms with Crippen molar-refractivity contribution in [1.82, 2.24) is 19.8 Å². The van der Waals surface area contributed by atoms with E-state index < -0.39 is 0 Å². The second kappa shape index (κ2) is 5.01. The number of fused-ring (bicyclic) bond motifs is 1. The van der Waals surface area contributed by atoms with Crippen LogP contribution in [-0.2, 0) is 0 Å². The van der Waals surface area contributed by atoms with E-state index >= 15 is 0 Å². The van der Waals surface area contributed by atoms with Gasteiger partial charge in [-0.1, -0.05) is 17.8 Å². The Bertz CT molecular complexity index is 834. The van der Waals surface area contributed by atoms with E-state index in [4.69, 9.17) is 0 Å². The minimum atomic E-state index is 0.765. The van der Waals surface area contributed by atoms with Gasteiger partial charge in [0.2, 0.25) is 0 Å². The van der Waals surface area contributed by atoms with Crippen molar-refractivity contribution >= 4 is 40.1 Å². The van der Waals surface area contributed by atoms with Crippen molar-refractivity contribution in [1.29, 1.82) is 0 Å². The van der Waals surface area contributed by atoms with Crippen LogP contribution in [0.3, 0.4) is 0 Å². The molecule has 4 aromatic rings. The van der Waals surface area contributed by atoms with Crippen molar-refractivity contribution in [3.8, 4) is 11.4 Å². The summed E-state index contributed by atoms with van der Waals surface area (Å²) in [5.41, 5.74) is 1.81. The minimum absolute atomic E-state index is 0.765. The first-order valence-electron chi connectivity index (χ1n) is 5.86. The van der Waals surface area contributed by atoms with Crippen LogP contribution < -0.4 is 0 Å². The van der Waals surface area contributed by atoms with Gasteiger partial charge in [-0.2, -0.15) is 21.0 Å². The van der Waals surface area contributed by atoms with Gasteiger partial charge in [-0.25, -0.2) is 0 Å². The molecule has 4 aromatic heterocycles. The highest BCUT2D eigenvalue weighted by Crippen LogP contribution is 2.30. The average Bonchev–Trinajstić information content (AvgIpc) is 3.19. The molecule has 0 amide bonds. The van der Waals surface area contributed by atoms with Gasteiger partial charge < -0.3 is 0 Å². The summed E-state index contributed by atoms with van der Waals surface area (Å²) >= 11 is 5.01. The predicted molar refractivity (Wildman–Crippen MR) is 82.5 cm³/mol. The van der Waals surface area contributed by atoms with Gasteiger partial charge in [0.1, 0.15) is 5.03 Å². The Morgan fingerprint density at radius 1 is 1.05 bits per heavy atom. The van der Waals surface area contributed by atoms with Gasteiger partial charge in [0.05, 0.1) is 4.21 Å². The zero-order valence-electron chi connectivity index (χ0n) is 10.1. The van der Waals surface area contributed by atoms with E-state index in [1.54, 1.807) is 39.0 Å². The lowest BCUT2D eigenvalue weighted by Crippen LogP contribution is -1.95. The topological polar surface area (TPSA) is 43.1 Å². The summed E-state index contributed by atoms with van der Waals surface area (Å²) in [4.78, 5) is 0. The quantitative estimate of drug-likeness (QED) is 0.571. The van der Waals surface area contributed by atoms with Gasteiger partial charge in [-0.3, -0.25) is 0 Å². The Balaban J connectivity index is 1.79. The standard InChI is InChI=1S/C13H8N4S3/c1-2-12(19-6-1)20-11-4-3-10-14-15-13(17(10)16-11)9-5-7-18-8-9/h1-8H. The zero-order chi connectivity index (χ0) is 13.4. The Labute approximate surface area is 127 Å². The summed E-state index contributed by atoms with van der Waals surface area (Å²) in [5.74, 6) is 0.787. The first-order valence-corrected chi connectivity index (χ1v) is 8.50. The van der Waals surface area contributed by atoms with Crippen LogP contribution in [0.25, 0.3) is 17.0 Å². The SMILES string of the molecule is c1csc(Sc2ccc3nnc(-c4ccsc4)n3n2)c1. The van der Waals surface area contributed by atoms with Gasteiger partial charge in [-0.15, -0.1) is 21.5 Å². The molecule has 0 radical (unpaired) electrons. The van der Waals surface area contributed by atoms with Crippen LogP contribution in [0, 0.1) is 0 Å². The van der Waals surface area contributed by atoms with E-state index in [0.29, 0.717) is 0 Å². The van der Waals surface area contributed by atoms with Crippen molar-refractivity contribution in [2.75, 3.05) is 0 Å². The molecule has 0 aromatic carbocycles. The predicted octanol–water partition coefficient (Wildman–Crippen LogP) is 4.07. The molecular weight excluding hydrogens is 308 g/mol. The minimum Gasteiger partial charge on any atom is -0.192 e. The highest BCUT2D eigenvalue weighted by Gasteiger charge is 2.10. The van der Waals surface area contributed by atoms with Crippen molar-refractivity contribution in [2.24, 2.45) is 0 Å². The van der Waals surface area contributed by atoms with Crippen molar-refractivity contribution in [3.63, 3.8) is 0 Å². The number of hydrogen-bond acceptors (Lipinski definition) is 6. The molecule has 7 heteroatoms. The molecule has 0 aliphatic rings. The fourth-order valence-corrected chi connectivity index (χ4v) is 4.13. The summed E-state index contributed by atoms with van der Waals surface area (Å²) < 4.78 is 3.03. The van der Waals surface area contributed by atoms with Crippen LogP contribution in [0.1, 0.15) is 0 Å². The molecule has 4 rings (SSSR count). The number of nitrogens with zero attached hydrogens (tertiary/aromatic N) is 4. The summed E-state index contributed by atoms with van der Waals surface area (Å²) in [5, 5.41) is 20.1. The summed E-state index contributed by atoms with van der Waals surface area (Å²) in [6, 6.07) is 10.1. The van der Waals surface area contributed by atoms with E-state index in [2.05, 4.69) is 32.1 Å². The van der Waals surface area contributed by atoms with Crippen LogP contribution in [-0.4, -0.2) is 19.8 Å². The van der Waals surface area contributed by atoms with Gasteiger partial charge in [0.15, 0.2) is 11.5 Å². The largest absolute Gasteiger partial charge is 0.192 e. The Morgan fingerprint density at radius 2 is 2.05 bits per heavy atom. The summed E-state index contributed by atoms with van der Waals surface area (Å²) in [7, 11) is 0. The molecule has 0 unspecified atom stereocenters. The van der Waals surface area contributed by atoms with E-state index in [0.717, 1.165) is 22.1 Å². The maximum atomic E-state index is 4.63. The van der Waals surface area contributed by atoms with Crippen molar-refractivity contribution in [3.05, 3.63) is 46.5 Å². The van der Waals surface area contributed by atoms with Crippen LogP contribution >= 0.6 is 34.4 Å². The Morgan fingerprint density at radius 3 is 2.85 bits per heavy atom. The number of rotatable bonds is 3. The third-order valence-corrected chi connectivity index (χ3v) is 5.37. The maximum absolute atomic E-state index is 4.63. The molecule has 0 N–H and O–H groups in total. The first kappa shape index (κ1) is 12.1. The molecule has 0 aliphatic heterocycles. The third kappa shape index (κ3) is 2.13. The lowest BCUT2D eigenvalue weighted by molar-refractivity contribution is 0.861. The number of hydrogen-bond donors (Lipinski definition) is 0. The summed E-state index contributed by atoms with van der Waals surface area (Å²) in [6.45, 7) is 0. The lowest BCUT2D eigenvalue weighted by Gasteiger charge is -2.00. The second-order valence-corrected chi connectivity index (χ2v) is 7.06. The van der Waals surface area contributed by atoms with Crippen molar-refractivity contribution < 1.29 is 0 Å². The lowest BCUT2D eigenvalue weighted by atomic mass is 10.3. The second-order valence-electron chi connectivity index (χ2n) is 4.01. The van der Waals surface area contributed by atoms with Crippen LogP contribution in [0.2, 0.25) is 0 Å². The number of aromatic nitrogens is 4. The van der Waals surface area contributed by atoms with Crippen LogP contribution in [0.15, 0.2) is 55.7 Å². The van der Waals surface area contributed by atoms with Crippen molar-refractivity contribution in [2.45, 2.75) is 9.24 Å². The van der Waals surface area contributed by atoms with E-state index in [-0.39, 0.29) is 0 Å². The molecule has 0 aliphatic carbocycles. The fourth-order valence-electron chi connectivity index (χ4n) is 1.82. The summed E-state index contributed by atoms with van der Waals surface area (Å²) in [6.07, 6.45) is 0. The molecule has 0 fully saturated rings. The molecule has 0 atom stereocenters. The number of thiophene rings is 2. The molecule has 0 bridgehead atoms. The molecule has 4 nitrogen and oxygen atoms in total. The molecule has 0 saturated heterocycles. The van der Waals surface area contributed by atoms with Gasteiger partial charge in [0, 0.05) is 10.9 Å². The molecular formula is C13H8N4S3. The van der Waals surface area contributed by atoms with E-state index in [1.165, 1.54) is 4.21 Å². The normalized spacial score (nSPS) is 11.2. The smallest absolute Gasteiger partial charge is 0.186 e. The molecule has 0 spiro atoms. The monoisotopic (exact) mass is 316 g/mol.